The summed E-state index contributed by atoms with van der Waals surface area (Å²) in [6.45, 7) is 5.07. The standard InChI is InChI=1S/C21H19FO5/c1-21(2,3)27-19(23)12-25-15-8-9-16-17(11-15)26-18(20(16)24)10-13-4-6-14(22)7-5-13/h4-11H,12H2,1-3H3/b18-10-. The zero-order valence-electron chi connectivity index (χ0n) is 15.2. The van der Waals surface area contributed by atoms with Gasteiger partial charge in [-0.2, -0.15) is 0 Å². The fraction of sp³-hybridized carbons (Fsp3) is 0.238. The maximum absolute atomic E-state index is 13.0. The van der Waals surface area contributed by atoms with Crippen LogP contribution in [0, 0.1) is 5.82 Å². The molecular formula is C21H19FO5. The van der Waals surface area contributed by atoms with Gasteiger partial charge in [0.15, 0.2) is 12.4 Å². The van der Waals surface area contributed by atoms with E-state index >= 15 is 0 Å². The van der Waals surface area contributed by atoms with Gasteiger partial charge in [0, 0.05) is 6.07 Å². The van der Waals surface area contributed by atoms with Gasteiger partial charge >= 0.3 is 5.97 Å². The zero-order chi connectivity index (χ0) is 19.6. The number of carbonyl (C=O) groups is 2. The molecule has 0 fully saturated rings. The molecule has 0 N–H and O–H groups in total. The van der Waals surface area contributed by atoms with E-state index in [9.17, 15) is 14.0 Å². The molecular weight excluding hydrogens is 351 g/mol. The number of ether oxygens (including phenoxy) is 3. The van der Waals surface area contributed by atoms with Crippen LogP contribution in [-0.2, 0) is 9.53 Å². The first-order valence-electron chi connectivity index (χ1n) is 8.40. The molecule has 0 spiro atoms. The Hall–Kier alpha value is -3.15. The van der Waals surface area contributed by atoms with Gasteiger partial charge in [-0.1, -0.05) is 12.1 Å². The number of Topliss-reactive ketones (excluding diaryl/α,β-unsaturated/α-hetero) is 1. The SMILES string of the molecule is CC(C)(C)OC(=O)COc1ccc2c(c1)O/C(=C\c1ccc(F)cc1)C2=O. The van der Waals surface area contributed by atoms with Crippen molar-refractivity contribution in [2.75, 3.05) is 6.61 Å². The van der Waals surface area contributed by atoms with Crippen LogP contribution in [0.15, 0.2) is 48.2 Å². The molecule has 2 aromatic rings. The smallest absolute Gasteiger partial charge is 0.344 e. The van der Waals surface area contributed by atoms with E-state index in [0.717, 1.165) is 0 Å². The number of hydrogen-bond acceptors (Lipinski definition) is 5. The Kier molecular flexibility index (Phi) is 4.99. The topological polar surface area (TPSA) is 61.8 Å². The fourth-order valence-corrected chi connectivity index (χ4v) is 2.48. The van der Waals surface area contributed by atoms with Gasteiger partial charge in [0.2, 0.25) is 5.78 Å². The van der Waals surface area contributed by atoms with Gasteiger partial charge in [-0.3, -0.25) is 4.79 Å². The Morgan fingerprint density at radius 2 is 1.85 bits per heavy atom. The summed E-state index contributed by atoms with van der Waals surface area (Å²) in [5, 5.41) is 0. The van der Waals surface area contributed by atoms with Crippen molar-refractivity contribution in [2.45, 2.75) is 26.4 Å². The molecule has 5 nitrogen and oxygen atoms in total. The van der Waals surface area contributed by atoms with Crippen molar-refractivity contribution >= 4 is 17.8 Å². The summed E-state index contributed by atoms with van der Waals surface area (Å²) in [5.41, 5.74) is 0.454. The molecule has 0 saturated carbocycles. The van der Waals surface area contributed by atoms with Crippen molar-refractivity contribution in [3.63, 3.8) is 0 Å². The Morgan fingerprint density at radius 3 is 2.52 bits per heavy atom. The van der Waals surface area contributed by atoms with Crippen LogP contribution in [0.25, 0.3) is 6.08 Å². The Morgan fingerprint density at radius 1 is 1.15 bits per heavy atom. The van der Waals surface area contributed by atoms with E-state index in [-0.39, 0.29) is 24.0 Å². The molecule has 140 valence electrons. The lowest BCUT2D eigenvalue weighted by atomic mass is 10.1. The van der Waals surface area contributed by atoms with Gasteiger partial charge in [0.1, 0.15) is 22.9 Å². The third kappa shape index (κ3) is 4.73. The van der Waals surface area contributed by atoms with E-state index in [0.29, 0.717) is 22.6 Å². The maximum Gasteiger partial charge on any atom is 0.344 e. The van der Waals surface area contributed by atoms with Crippen molar-refractivity contribution in [1.29, 1.82) is 0 Å². The summed E-state index contributed by atoms with van der Waals surface area (Å²) in [5.74, 6) is -0.248. The minimum absolute atomic E-state index is 0.140. The number of halogens is 1. The molecule has 0 aromatic heterocycles. The summed E-state index contributed by atoms with van der Waals surface area (Å²) < 4.78 is 29.2. The van der Waals surface area contributed by atoms with Gasteiger partial charge in [-0.25, -0.2) is 9.18 Å². The lowest BCUT2D eigenvalue weighted by Gasteiger charge is -2.19. The first-order valence-corrected chi connectivity index (χ1v) is 8.40. The minimum Gasteiger partial charge on any atom is -0.482 e. The summed E-state index contributed by atoms with van der Waals surface area (Å²) in [6, 6.07) is 10.4. The average Bonchev–Trinajstić information content (AvgIpc) is 2.89. The van der Waals surface area contributed by atoms with E-state index in [1.54, 1.807) is 57.2 Å². The second kappa shape index (κ2) is 7.23. The second-order valence-electron chi connectivity index (χ2n) is 7.02. The highest BCUT2D eigenvalue weighted by Gasteiger charge is 2.28. The van der Waals surface area contributed by atoms with E-state index in [4.69, 9.17) is 14.2 Å². The molecule has 6 heteroatoms. The van der Waals surface area contributed by atoms with Crippen LogP contribution in [-0.4, -0.2) is 24.0 Å². The molecule has 0 saturated heterocycles. The van der Waals surface area contributed by atoms with Crippen molar-refractivity contribution < 1.29 is 28.2 Å². The summed E-state index contributed by atoms with van der Waals surface area (Å²) in [7, 11) is 0. The Balaban J connectivity index is 1.70. The molecule has 0 unspecified atom stereocenters. The first-order chi connectivity index (χ1) is 12.7. The second-order valence-corrected chi connectivity index (χ2v) is 7.02. The summed E-state index contributed by atoms with van der Waals surface area (Å²) >= 11 is 0. The van der Waals surface area contributed by atoms with E-state index in [1.807, 2.05) is 0 Å². The van der Waals surface area contributed by atoms with E-state index < -0.39 is 11.6 Å². The van der Waals surface area contributed by atoms with Crippen LogP contribution in [0.5, 0.6) is 11.5 Å². The zero-order valence-corrected chi connectivity index (χ0v) is 15.2. The Labute approximate surface area is 156 Å². The minimum atomic E-state index is -0.589. The fourth-order valence-electron chi connectivity index (χ4n) is 2.48. The lowest BCUT2D eigenvalue weighted by Crippen LogP contribution is -2.27. The van der Waals surface area contributed by atoms with E-state index in [2.05, 4.69) is 0 Å². The molecule has 27 heavy (non-hydrogen) atoms. The molecule has 3 rings (SSSR count). The van der Waals surface area contributed by atoms with Crippen LogP contribution in [0.3, 0.4) is 0 Å². The number of esters is 1. The first kappa shape index (κ1) is 18.6. The quantitative estimate of drug-likeness (QED) is 0.597. The molecule has 0 radical (unpaired) electrons. The van der Waals surface area contributed by atoms with Crippen molar-refractivity contribution in [2.24, 2.45) is 0 Å². The number of allylic oxidation sites excluding steroid dienone is 1. The number of benzene rings is 2. The van der Waals surface area contributed by atoms with Crippen molar-refractivity contribution in [1.82, 2.24) is 0 Å². The van der Waals surface area contributed by atoms with Gasteiger partial charge < -0.3 is 14.2 Å². The highest BCUT2D eigenvalue weighted by Crippen LogP contribution is 2.34. The largest absolute Gasteiger partial charge is 0.482 e. The van der Waals surface area contributed by atoms with Gasteiger partial charge in [0.05, 0.1) is 5.56 Å². The van der Waals surface area contributed by atoms with Crippen LogP contribution >= 0.6 is 0 Å². The average molecular weight is 370 g/mol. The van der Waals surface area contributed by atoms with Crippen molar-refractivity contribution in [3.8, 4) is 11.5 Å². The third-order valence-corrected chi connectivity index (χ3v) is 3.59. The monoisotopic (exact) mass is 370 g/mol. The third-order valence-electron chi connectivity index (χ3n) is 3.59. The Bertz CT molecular complexity index is 907. The lowest BCUT2D eigenvalue weighted by molar-refractivity contribution is -0.157. The summed E-state index contributed by atoms with van der Waals surface area (Å²) in [6.07, 6.45) is 1.54. The van der Waals surface area contributed by atoms with E-state index in [1.165, 1.54) is 12.1 Å². The molecule has 1 aliphatic heterocycles. The number of carbonyl (C=O) groups excluding carboxylic acids is 2. The van der Waals surface area contributed by atoms with Gasteiger partial charge in [-0.05, 0) is 56.7 Å². The molecule has 0 bridgehead atoms. The molecule has 1 heterocycles. The molecule has 2 aromatic carbocycles. The number of hydrogen-bond donors (Lipinski definition) is 0. The predicted molar refractivity (Wildman–Crippen MR) is 97.1 cm³/mol. The van der Waals surface area contributed by atoms with Crippen molar-refractivity contribution in [3.05, 3.63) is 65.2 Å². The highest BCUT2D eigenvalue weighted by molar-refractivity contribution is 6.14. The van der Waals surface area contributed by atoms with Crippen LogP contribution in [0.4, 0.5) is 4.39 Å². The molecule has 0 amide bonds. The normalized spacial score (nSPS) is 14.7. The van der Waals surface area contributed by atoms with Crippen LogP contribution in [0.2, 0.25) is 0 Å². The van der Waals surface area contributed by atoms with Gasteiger partial charge in [-0.15, -0.1) is 0 Å². The number of rotatable bonds is 4. The molecule has 0 aliphatic carbocycles. The van der Waals surface area contributed by atoms with Gasteiger partial charge in [0.25, 0.3) is 0 Å². The predicted octanol–water partition coefficient (Wildman–Crippen LogP) is 4.16. The highest BCUT2D eigenvalue weighted by atomic mass is 19.1. The van der Waals surface area contributed by atoms with Crippen LogP contribution < -0.4 is 9.47 Å². The van der Waals surface area contributed by atoms with Crippen LogP contribution in [0.1, 0.15) is 36.7 Å². The molecule has 1 aliphatic rings. The summed E-state index contributed by atoms with van der Waals surface area (Å²) in [4.78, 5) is 24.1. The molecule has 0 atom stereocenters. The maximum atomic E-state index is 13.0. The number of ketones is 1. The number of fused-ring (bicyclic) bond motifs is 1.